The molecule has 1 aromatic carbocycles. The molecule has 3 nitrogen and oxygen atoms in total. The van der Waals surface area contributed by atoms with Crippen molar-refractivity contribution in [1.29, 1.82) is 0 Å². The van der Waals surface area contributed by atoms with E-state index >= 15 is 0 Å². The van der Waals surface area contributed by atoms with E-state index in [0.29, 0.717) is 12.8 Å². The van der Waals surface area contributed by atoms with E-state index in [-0.39, 0.29) is 23.1 Å². The maximum atomic E-state index is 12.1. The third kappa shape index (κ3) is 7.27. The Balaban J connectivity index is 2.59. The van der Waals surface area contributed by atoms with Gasteiger partial charge in [0, 0.05) is 11.9 Å². The zero-order valence-corrected chi connectivity index (χ0v) is 14.0. The monoisotopic (exact) mass is 317 g/mol. The number of benzene rings is 1. The molecule has 0 heterocycles. The second-order valence-electron chi connectivity index (χ2n) is 6.29. The predicted octanol–water partition coefficient (Wildman–Crippen LogP) is 3.19. The molecule has 0 spiro atoms. The van der Waals surface area contributed by atoms with Crippen molar-refractivity contribution < 1.29 is 8.42 Å². The highest BCUT2D eigenvalue weighted by Crippen LogP contribution is 2.19. The summed E-state index contributed by atoms with van der Waals surface area (Å²) in [6.07, 6.45) is 1.24. The molecule has 0 fully saturated rings. The summed E-state index contributed by atoms with van der Waals surface area (Å²) in [5.41, 5.74) is 1.08. The number of hydrogen-bond donors (Lipinski definition) is 1. The van der Waals surface area contributed by atoms with E-state index in [9.17, 15) is 8.42 Å². The molecule has 1 unspecified atom stereocenters. The fourth-order valence-corrected chi connectivity index (χ4v) is 3.73. The smallest absolute Gasteiger partial charge is 0.211 e. The van der Waals surface area contributed by atoms with Crippen LogP contribution < -0.4 is 4.72 Å². The van der Waals surface area contributed by atoms with E-state index in [1.807, 2.05) is 51.1 Å². The van der Waals surface area contributed by atoms with Crippen molar-refractivity contribution in [2.75, 3.05) is 11.6 Å². The van der Waals surface area contributed by atoms with E-state index in [0.717, 1.165) is 5.56 Å². The van der Waals surface area contributed by atoms with Crippen LogP contribution in [0.5, 0.6) is 0 Å². The lowest BCUT2D eigenvalue weighted by atomic mass is 9.94. The van der Waals surface area contributed by atoms with Gasteiger partial charge < -0.3 is 0 Å². The van der Waals surface area contributed by atoms with Crippen molar-refractivity contribution in [2.24, 2.45) is 5.41 Å². The largest absolute Gasteiger partial charge is 0.212 e. The van der Waals surface area contributed by atoms with E-state index in [1.54, 1.807) is 0 Å². The van der Waals surface area contributed by atoms with Gasteiger partial charge in [0.2, 0.25) is 10.0 Å². The van der Waals surface area contributed by atoms with Crippen LogP contribution in [0.2, 0.25) is 0 Å². The summed E-state index contributed by atoms with van der Waals surface area (Å²) in [6, 6.07) is 9.51. The van der Waals surface area contributed by atoms with Gasteiger partial charge in [-0.1, -0.05) is 51.1 Å². The maximum Gasteiger partial charge on any atom is 0.211 e. The van der Waals surface area contributed by atoms with E-state index in [1.165, 1.54) is 0 Å². The standard InChI is InChI=1S/C15H24ClNO2S/c1-15(2,3)9-10-20(18,19)17-14(12-16)11-13-7-5-4-6-8-13/h4-8,14,17H,9-12H2,1-3H3. The van der Waals surface area contributed by atoms with Crippen LogP contribution in [-0.4, -0.2) is 26.1 Å². The Bertz CT molecular complexity index is 494. The first-order chi connectivity index (χ1) is 9.22. The van der Waals surface area contributed by atoms with Crippen molar-refractivity contribution in [3.8, 4) is 0 Å². The van der Waals surface area contributed by atoms with Gasteiger partial charge >= 0.3 is 0 Å². The normalized spacial score (nSPS) is 14.2. The van der Waals surface area contributed by atoms with Crippen LogP contribution in [0, 0.1) is 5.41 Å². The van der Waals surface area contributed by atoms with E-state index < -0.39 is 10.0 Å². The number of sulfonamides is 1. The Hall–Kier alpha value is -0.580. The third-order valence-corrected chi connectivity index (χ3v) is 4.78. The summed E-state index contributed by atoms with van der Waals surface area (Å²) in [7, 11) is -3.28. The molecule has 0 saturated heterocycles. The molecule has 20 heavy (non-hydrogen) atoms. The molecular formula is C15H24ClNO2S. The molecule has 5 heteroatoms. The van der Waals surface area contributed by atoms with Gasteiger partial charge in [0.25, 0.3) is 0 Å². The lowest BCUT2D eigenvalue weighted by molar-refractivity contribution is 0.396. The lowest BCUT2D eigenvalue weighted by Gasteiger charge is -2.20. The second kappa shape index (κ2) is 7.43. The van der Waals surface area contributed by atoms with Crippen molar-refractivity contribution >= 4 is 21.6 Å². The van der Waals surface area contributed by atoms with Gasteiger partial charge in [0.15, 0.2) is 0 Å². The highest BCUT2D eigenvalue weighted by Gasteiger charge is 2.20. The zero-order chi connectivity index (χ0) is 15.2. The molecule has 1 N–H and O–H groups in total. The average Bonchev–Trinajstić information content (AvgIpc) is 2.36. The van der Waals surface area contributed by atoms with Gasteiger partial charge in [-0.3, -0.25) is 0 Å². The molecule has 114 valence electrons. The fourth-order valence-electron chi connectivity index (χ4n) is 1.78. The Morgan fingerprint density at radius 2 is 1.80 bits per heavy atom. The van der Waals surface area contributed by atoms with Crippen LogP contribution in [-0.2, 0) is 16.4 Å². The molecule has 0 aliphatic rings. The van der Waals surface area contributed by atoms with Gasteiger partial charge in [0.1, 0.15) is 0 Å². The quantitative estimate of drug-likeness (QED) is 0.785. The van der Waals surface area contributed by atoms with Crippen molar-refractivity contribution in [3.63, 3.8) is 0 Å². The molecule has 1 rings (SSSR count). The Morgan fingerprint density at radius 1 is 1.20 bits per heavy atom. The minimum Gasteiger partial charge on any atom is -0.212 e. The lowest BCUT2D eigenvalue weighted by Crippen LogP contribution is -2.39. The van der Waals surface area contributed by atoms with Crippen LogP contribution in [0.15, 0.2) is 30.3 Å². The molecule has 0 saturated carbocycles. The molecule has 0 bridgehead atoms. The van der Waals surface area contributed by atoms with Crippen LogP contribution >= 0.6 is 11.6 Å². The van der Waals surface area contributed by atoms with Crippen LogP contribution in [0.3, 0.4) is 0 Å². The van der Waals surface area contributed by atoms with E-state index in [4.69, 9.17) is 11.6 Å². The number of halogens is 1. The molecule has 0 aromatic heterocycles. The minimum absolute atomic E-state index is 0.00460. The van der Waals surface area contributed by atoms with Gasteiger partial charge in [-0.05, 0) is 23.8 Å². The topological polar surface area (TPSA) is 46.2 Å². The summed E-state index contributed by atoms with van der Waals surface area (Å²) in [4.78, 5) is 0. The van der Waals surface area contributed by atoms with Gasteiger partial charge in [0.05, 0.1) is 5.75 Å². The molecule has 1 atom stereocenters. The maximum absolute atomic E-state index is 12.1. The van der Waals surface area contributed by atoms with Crippen molar-refractivity contribution in [1.82, 2.24) is 4.72 Å². The second-order valence-corrected chi connectivity index (χ2v) is 8.47. The summed E-state index contributed by atoms with van der Waals surface area (Å²) in [5, 5.41) is 0. The number of rotatable bonds is 7. The van der Waals surface area contributed by atoms with Gasteiger partial charge in [-0.15, -0.1) is 11.6 Å². The molecule has 0 amide bonds. The Labute approximate surface area is 127 Å². The van der Waals surface area contributed by atoms with E-state index in [2.05, 4.69) is 4.72 Å². The van der Waals surface area contributed by atoms with Crippen LogP contribution in [0.25, 0.3) is 0 Å². The summed E-state index contributed by atoms with van der Waals surface area (Å²) in [6.45, 7) is 6.10. The molecule has 1 aromatic rings. The molecule has 0 aliphatic heterocycles. The first-order valence-corrected chi connectivity index (χ1v) is 9.00. The molecule has 0 radical (unpaired) electrons. The SMILES string of the molecule is CC(C)(C)CCS(=O)(=O)NC(CCl)Cc1ccccc1. The first kappa shape index (κ1) is 17.5. The Kier molecular flexibility index (Phi) is 6.49. The fraction of sp³-hybridized carbons (Fsp3) is 0.600. The van der Waals surface area contributed by atoms with Crippen LogP contribution in [0.1, 0.15) is 32.8 Å². The third-order valence-electron chi connectivity index (χ3n) is 2.98. The summed E-state index contributed by atoms with van der Waals surface area (Å²) >= 11 is 5.89. The Morgan fingerprint density at radius 3 is 2.30 bits per heavy atom. The number of alkyl halides is 1. The first-order valence-electron chi connectivity index (χ1n) is 6.82. The zero-order valence-electron chi connectivity index (χ0n) is 12.4. The molecule has 0 aliphatic carbocycles. The minimum atomic E-state index is -3.28. The van der Waals surface area contributed by atoms with Crippen LogP contribution in [0.4, 0.5) is 0 Å². The number of nitrogens with one attached hydrogen (secondary N) is 1. The van der Waals surface area contributed by atoms with Crippen molar-refractivity contribution in [3.05, 3.63) is 35.9 Å². The number of hydrogen-bond acceptors (Lipinski definition) is 2. The van der Waals surface area contributed by atoms with Gasteiger partial charge in [-0.2, -0.15) is 0 Å². The predicted molar refractivity (Wildman–Crippen MR) is 85.6 cm³/mol. The highest BCUT2D eigenvalue weighted by molar-refractivity contribution is 7.89. The average molecular weight is 318 g/mol. The summed E-state index contributed by atoms with van der Waals surface area (Å²) in [5.74, 6) is 0.405. The summed E-state index contributed by atoms with van der Waals surface area (Å²) < 4.78 is 26.8. The van der Waals surface area contributed by atoms with Crippen molar-refractivity contribution in [2.45, 2.75) is 39.7 Å². The highest BCUT2D eigenvalue weighted by atomic mass is 35.5. The van der Waals surface area contributed by atoms with Gasteiger partial charge in [-0.25, -0.2) is 13.1 Å². The molecular weight excluding hydrogens is 294 g/mol.